The summed E-state index contributed by atoms with van der Waals surface area (Å²) in [5, 5.41) is 26.7. The van der Waals surface area contributed by atoms with Crippen molar-refractivity contribution >= 4 is 61.0 Å². The number of pyridine rings is 1. The van der Waals surface area contributed by atoms with Gasteiger partial charge in [0.2, 0.25) is 5.88 Å². The number of hydrogen-bond acceptors (Lipinski definition) is 14. The summed E-state index contributed by atoms with van der Waals surface area (Å²) >= 11 is 0. The minimum absolute atomic E-state index is 0.0105. The molecule has 1 spiro atoms. The van der Waals surface area contributed by atoms with E-state index in [9.17, 15) is 28.4 Å². The Balaban J connectivity index is 0.835. The number of nitro benzene ring substituents is 1. The van der Waals surface area contributed by atoms with E-state index in [1.54, 1.807) is 12.3 Å². The van der Waals surface area contributed by atoms with Crippen LogP contribution < -0.4 is 29.3 Å². The summed E-state index contributed by atoms with van der Waals surface area (Å²) in [5.41, 5.74) is 6.36. The number of anilines is 4. The molecular formula is C54H62N8O9S. The Hall–Kier alpha value is -6.21. The van der Waals surface area contributed by atoms with Crippen LogP contribution in [0.15, 0.2) is 84.4 Å². The Kier molecular flexibility index (Phi) is 12.0. The third-order valence-corrected chi connectivity index (χ3v) is 18.3. The van der Waals surface area contributed by atoms with Crippen molar-refractivity contribution in [3.63, 3.8) is 0 Å². The predicted octanol–water partition coefficient (Wildman–Crippen LogP) is 8.62. The molecule has 5 aliphatic heterocycles. The summed E-state index contributed by atoms with van der Waals surface area (Å²) in [4.78, 5) is 41.4. The van der Waals surface area contributed by atoms with Gasteiger partial charge in [0.05, 0.1) is 52.5 Å². The Morgan fingerprint density at radius 3 is 2.56 bits per heavy atom. The molecule has 7 heterocycles. The number of amides is 1. The van der Waals surface area contributed by atoms with Crippen molar-refractivity contribution in [2.24, 2.45) is 11.3 Å². The Labute approximate surface area is 419 Å². The first kappa shape index (κ1) is 46.8. The average molecular weight is 999 g/mol. The Bertz CT molecular complexity index is 3070. The van der Waals surface area contributed by atoms with E-state index in [0.29, 0.717) is 67.5 Å². The highest BCUT2D eigenvalue weighted by Gasteiger charge is 2.50. The summed E-state index contributed by atoms with van der Waals surface area (Å²) in [6.45, 7) is 10.1. The summed E-state index contributed by atoms with van der Waals surface area (Å²) in [6, 6.07) is 20.7. The maximum Gasteiger partial charge on any atom is 0.297 e. The third-order valence-electron chi connectivity index (χ3n) is 17.0. The number of likely N-dealkylation sites (tertiary alicyclic amines) is 1. The summed E-state index contributed by atoms with van der Waals surface area (Å²) in [5.74, 6) is -0.387. The lowest BCUT2D eigenvalue weighted by molar-refractivity contribution is -0.384. The fourth-order valence-electron chi connectivity index (χ4n) is 13.1. The van der Waals surface area contributed by atoms with Crippen LogP contribution >= 0.6 is 0 Å². The van der Waals surface area contributed by atoms with Gasteiger partial charge in [-0.1, -0.05) is 36.4 Å². The number of ether oxygens (including phenoxy) is 3. The zero-order valence-electron chi connectivity index (χ0n) is 40.6. The number of fused-ring (bicyclic) bond motifs is 4. The van der Waals surface area contributed by atoms with Crippen molar-refractivity contribution in [3.05, 3.63) is 106 Å². The van der Waals surface area contributed by atoms with Crippen LogP contribution in [-0.4, -0.2) is 109 Å². The number of aliphatic hydroxyl groups is 1. The van der Waals surface area contributed by atoms with Gasteiger partial charge in [0, 0.05) is 61.0 Å². The van der Waals surface area contributed by atoms with Crippen LogP contribution in [-0.2, 0) is 14.8 Å². The molecule has 12 rings (SSSR count). The molecule has 72 heavy (non-hydrogen) atoms. The molecule has 0 radical (unpaired) electrons. The van der Waals surface area contributed by atoms with Gasteiger partial charge in [0.15, 0.2) is 11.4 Å². The second-order valence-electron chi connectivity index (χ2n) is 21.3. The molecule has 3 aromatic carbocycles. The van der Waals surface area contributed by atoms with Crippen molar-refractivity contribution in [2.75, 3.05) is 54.6 Å². The summed E-state index contributed by atoms with van der Waals surface area (Å²) in [6.07, 6.45) is 11.2. The van der Waals surface area contributed by atoms with Gasteiger partial charge in [-0.2, -0.15) is 4.98 Å². The van der Waals surface area contributed by atoms with Crippen LogP contribution in [0, 0.1) is 21.4 Å². The van der Waals surface area contributed by atoms with E-state index >= 15 is 0 Å². The quantitative estimate of drug-likeness (QED) is 0.0764. The van der Waals surface area contributed by atoms with E-state index < -0.39 is 31.4 Å². The zero-order valence-corrected chi connectivity index (χ0v) is 41.4. The number of rotatable bonds is 10. The highest BCUT2D eigenvalue weighted by Crippen LogP contribution is 2.55. The Morgan fingerprint density at radius 2 is 1.76 bits per heavy atom. The average Bonchev–Trinajstić information content (AvgIpc) is 4.06. The zero-order chi connectivity index (χ0) is 49.5. The normalized spacial score (nSPS) is 26.1. The van der Waals surface area contributed by atoms with Gasteiger partial charge in [0.1, 0.15) is 24.0 Å². The number of carbonyl (C=O) groups is 1. The molecule has 5 aromatic rings. The number of benzene rings is 3. The molecule has 2 aromatic heterocycles. The first-order valence-corrected chi connectivity index (χ1v) is 27.2. The number of sulfonamides is 1. The van der Waals surface area contributed by atoms with Crippen LogP contribution in [0.25, 0.3) is 16.6 Å². The van der Waals surface area contributed by atoms with Gasteiger partial charge in [-0.05, 0) is 130 Å². The van der Waals surface area contributed by atoms with E-state index in [-0.39, 0.29) is 59.2 Å². The van der Waals surface area contributed by atoms with Crippen LogP contribution in [0.2, 0.25) is 0 Å². The number of piperidine rings is 1. The number of aromatic amines is 1. The number of nitrogens with zero attached hydrogens (tertiary/aromatic N) is 5. The van der Waals surface area contributed by atoms with E-state index in [0.717, 1.165) is 74.5 Å². The highest BCUT2D eigenvalue weighted by atomic mass is 32.2. The predicted molar refractivity (Wildman–Crippen MR) is 274 cm³/mol. The monoisotopic (exact) mass is 998 g/mol. The molecule has 4 atom stereocenters. The maximum absolute atomic E-state index is 14.8. The molecule has 7 aliphatic rings. The summed E-state index contributed by atoms with van der Waals surface area (Å²) in [7, 11) is -4.71. The van der Waals surface area contributed by atoms with Crippen molar-refractivity contribution in [1.29, 1.82) is 0 Å². The molecule has 4 N–H and O–H groups in total. The van der Waals surface area contributed by atoms with Crippen molar-refractivity contribution < 1.29 is 37.5 Å². The third kappa shape index (κ3) is 8.42. The van der Waals surface area contributed by atoms with E-state index in [4.69, 9.17) is 19.2 Å². The molecule has 3 saturated heterocycles. The minimum Gasteiger partial charge on any atom is -0.489 e. The number of aliphatic hydroxyl groups excluding tert-OH is 1. The lowest BCUT2D eigenvalue weighted by atomic mass is 9.59. The molecular weight excluding hydrogens is 937 g/mol. The molecule has 2 aliphatic carbocycles. The van der Waals surface area contributed by atoms with Crippen LogP contribution in [0.4, 0.5) is 28.4 Å². The van der Waals surface area contributed by atoms with Crippen LogP contribution in [0.5, 0.6) is 11.6 Å². The molecule has 0 bridgehead atoms. The van der Waals surface area contributed by atoms with Crippen molar-refractivity contribution in [3.8, 4) is 11.6 Å². The largest absolute Gasteiger partial charge is 0.489 e. The molecule has 0 unspecified atom stereocenters. The summed E-state index contributed by atoms with van der Waals surface area (Å²) < 4.78 is 49.7. The van der Waals surface area contributed by atoms with Gasteiger partial charge in [0.25, 0.3) is 21.6 Å². The van der Waals surface area contributed by atoms with Crippen molar-refractivity contribution in [2.45, 2.75) is 119 Å². The number of hydrogen-bond donors (Lipinski definition) is 4. The van der Waals surface area contributed by atoms with Crippen LogP contribution in [0.1, 0.15) is 105 Å². The van der Waals surface area contributed by atoms with Gasteiger partial charge < -0.3 is 39.4 Å². The molecule has 18 heteroatoms. The van der Waals surface area contributed by atoms with Gasteiger partial charge in [-0.15, -0.1) is 0 Å². The van der Waals surface area contributed by atoms with Crippen LogP contribution in [0.3, 0.4) is 0 Å². The van der Waals surface area contributed by atoms with Gasteiger partial charge >= 0.3 is 0 Å². The van der Waals surface area contributed by atoms with Gasteiger partial charge in [-0.25, -0.2) is 13.1 Å². The standard InChI is InChI=1S/C54H62N8O9S/c1-32(2)39-6-3-4-7-40(39)43-8-5-20-60(43)36-28-54(29-36)17-21-59(22-18-54)35-11-14-41(44(25-35)61-46-24-34-15-19-55-51(34)57-53(46)71-48-16-23-69-31-47(48)61)52(64)58-72(67,68)38-26-45(62(65)66)50-49(27-38)70-30-42(56-50)33-9-12-37(63)13-10-33/h3-4,6-7,11,14-15,19,24-27,33,36-37,42-43,47-48,56,63H,1,5,8-10,12-13,16-18,20-23,28-31H2,2H3,(H,55,57)(H,58,64)/t33?,37?,42-,43+,47-,48-/m1/s1. The topological polar surface area (TPSA) is 205 Å². The van der Waals surface area contributed by atoms with Crippen molar-refractivity contribution in [1.82, 2.24) is 19.6 Å². The maximum atomic E-state index is 14.8. The van der Waals surface area contributed by atoms with E-state index in [2.05, 4.69) is 62.6 Å². The number of allylic oxidation sites excluding steroid dienone is 1. The Morgan fingerprint density at radius 1 is 0.958 bits per heavy atom. The second kappa shape index (κ2) is 18.4. The smallest absolute Gasteiger partial charge is 0.297 e. The first-order chi connectivity index (χ1) is 34.8. The number of nitrogens with one attached hydrogen (secondary N) is 3. The fourth-order valence-corrected chi connectivity index (χ4v) is 14.1. The lowest BCUT2D eigenvalue weighted by Gasteiger charge is -2.56. The fraction of sp³-hybridized carbons (Fsp3) is 0.481. The SMILES string of the molecule is C=C(C)c1ccccc1[C@@H]1CCCN1C1CC2(CCN(c3ccc(C(=O)NS(=O)(=O)c4cc5c(c([N+](=O)[O-])c4)N[C@@H](C4CCC(O)CC4)CO5)c(N4c5cc6cc[nH]c6nc5O[C@@H]5CCOC[C@H]54)c3)CC2)C1. The second-order valence-corrected chi connectivity index (χ2v) is 23.0. The molecule has 378 valence electrons. The van der Waals surface area contributed by atoms with Gasteiger partial charge in [-0.3, -0.25) is 19.8 Å². The molecule has 5 fully saturated rings. The molecule has 2 saturated carbocycles. The number of carbonyl (C=O) groups excluding carboxylic acids is 1. The number of aromatic nitrogens is 2. The number of H-pyrrole nitrogens is 1. The number of nitro groups is 1. The highest BCUT2D eigenvalue weighted by molar-refractivity contribution is 7.90. The first-order valence-electron chi connectivity index (χ1n) is 25.7. The van der Waals surface area contributed by atoms with E-state index in [1.165, 1.54) is 36.5 Å². The minimum atomic E-state index is -4.71. The van der Waals surface area contributed by atoms with E-state index in [1.807, 2.05) is 29.2 Å². The molecule has 17 nitrogen and oxygen atoms in total. The lowest BCUT2D eigenvalue weighted by Crippen LogP contribution is -2.55. The molecule has 1 amide bonds.